The highest BCUT2D eigenvalue weighted by Crippen LogP contribution is 2.50. The highest BCUT2D eigenvalue weighted by Gasteiger charge is 2.32. The Balaban J connectivity index is 1.24. The van der Waals surface area contributed by atoms with Crippen LogP contribution in [-0.2, 0) is 17.3 Å². The number of nitrogens with zero attached hydrogens (tertiary/aromatic N) is 4. The first-order chi connectivity index (χ1) is 37.8. The minimum absolute atomic E-state index is 0.0217. The first-order valence-corrected chi connectivity index (χ1v) is 20.4. The highest BCUT2D eigenvalue weighted by molar-refractivity contribution is 6.09. The van der Waals surface area contributed by atoms with Crippen molar-refractivity contribution >= 4 is 44.6 Å². The largest absolute Gasteiger partial charge is 0.321 e. The summed E-state index contributed by atoms with van der Waals surface area (Å²) in [7, 11) is 0. The monoisotopic (exact) mass is 826 g/mol. The van der Waals surface area contributed by atoms with Crippen LogP contribution in [0.15, 0.2) is 176 Å². The molecule has 2 aromatic heterocycles. The Labute approximate surface area is 393 Å². The van der Waals surface area contributed by atoms with E-state index in [1.807, 2.05) is 65.8 Å². The smallest absolute Gasteiger partial charge is 0.137 e. The number of anilines is 4. The van der Waals surface area contributed by atoms with Gasteiger partial charge in [0.15, 0.2) is 0 Å². The molecule has 0 aliphatic carbocycles. The predicted octanol–water partition coefficient (Wildman–Crippen LogP) is 15.3. The van der Waals surface area contributed by atoms with E-state index in [0.717, 1.165) is 11.1 Å². The van der Waals surface area contributed by atoms with Gasteiger partial charge in [0.2, 0.25) is 0 Å². The van der Waals surface area contributed by atoms with Crippen LogP contribution in [-0.4, -0.2) is 16.2 Å². The molecule has 306 valence electrons. The molecule has 0 atom stereocenters. The minimum Gasteiger partial charge on any atom is -0.321 e. The second-order valence-corrected chi connectivity index (χ2v) is 17.6. The Kier molecular flexibility index (Phi) is 5.73. The summed E-state index contributed by atoms with van der Waals surface area (Å²) in [5.41, 5.74) is 1.99. The van der Waals surface area contributed by atoms with Gasteiger partial charge in [0, 0.05) is 33.8 Å². The lowest BCUT2D eigenvalue weighted by molar-refractivity contribution is 0.588. The van der Waals surface area contributed by atoms with E-state index >= 15 is 0 Å². The van der Waals surface area contributed by atoms with Crippen molar-refractivity contribution in [2.24, 2.45) is 0 Å². The fraction of sp³-hybridized carbons (Fsp3) is 0.190. The van der Waals surface area contributed by atoms with Crippen LogP contribution in [0.5, 0.6) is 0 Å². The molecule has 0 radical (unpaired) electrons. The van der Waals surface area contributed by atoms with Crippen molar-refractivity contribution in [3.8, 4) is 28.1 Å². The predicted molar refractivity (Wildman–Crippen MR) is 263 cm³/mol. The van der Waals surface area contributed by atoms with Crippen molar-refractivity contribution in [1.82, 2.24) is 9.55 Å². The number of para-hydroxylation sites is 3. The number of hydrogen-bond donors (Lipinski definition) is 0. The molecule has 10 rings (SSSR count). The van der Waals surface area contributed by atoms with Gasteiger partial charge in [-0.15, -0.1) is 0 Å². The summed E-state index contributed by atoms with van der Waals surface area (Å²) in [6.45, 7) is 13.3. The van der Waals surface area contributed by atoms with Crippen LogP contribution in [0.2, 0.25) is 0 Å². The summed E-state index contributed by atoms with van der Waals surface area (Å²) in [6.07, 6.45) is 1.67. The second-order valence-electron chi connectivity index (χ2n) is 17.6. The van der Waals surface area contributed by atoms with Gasteiger partial charge in [-0.2, -0.15) is 0 Å². The van der Waals surface area contributed by atoms with E-state index < -0.39 is 90.0 Å². The van der Waals surface area contributed by atoms with Crippen molar-refractivity contribution in [1.29, 1.82) is 0 Å². The van der Waals surface area contributed by atoms with E-state index in [9.17, 15) is 8.22 Å². The summed E-state index contributed by atoms with van der Waals surface area (Å²) >= 11 is 0. The number of aromatic nitrogens is 2. The summed E-state index contributed by atoms with van der Waals surface area (Å²) in [4.78, 5) is 7.82. The first-order valence-electron chi connectivity index (χ1n) is 29.9. The zero-order chi connectivity index (χ0) is 59.3. The zero-order valence-corrected chi connectivity index (χ0v) is 35.5. The Morgan fingerprint density at radius 2 is 1.23 bits per heavy atom. The van der Waals surface area contributed by atoms with Gasteiger partial charge in [-0.25, -0.2) is 4.98 Å². The molecule has 4 heteroatoms. The third-order valence-corrected chi connectivity index (χ3v) is 11.3. The Morgan fingerprint density at radius 1 is 0.581 bits per heavy atom. The quantitative estimate of drug-likeness (QED) is 0.160. The maximum absolute atomic E-state index is 9.65. The number of pyridine rings is 1. The topological polar surface area (TPSA) is 24.3 Å². The summed E-state index contributed by atoms with van der Waals surface area (Å²) in [5.74, 6) is 0.392. The van der Waals surface area contributed by atoms with Gasteiger partial charge >= 0.3 is 0 Å². The van der Waals surface area contributed by atoms with Gasteiger partial charge in [0.05, 0.1) is 54.1 Å². The second kappa shape index (κ2) is 15.2. The van der Waals surface area contributed by atoms with Crippen LogP contribution in [0, 0.1) is 6.92 Å². The molecule has 0 fully saturated rings. The van der Waals surface area contributed by atoms with Crippen molar-refractivity contribution in [3.05, 3.63) is 203 Å². The lowest BCUT2D eigenvalue weighted by Crippen LogP contribution is -2.25. The number of benzene rings is 7. The first kappa shape index (κ1) is 23.3. The summed E-state index contributed by atoms with van der Waals surface area (Å²) in [6, 6.07) is 5.96. The molecular weight excluding hydrogens is 753 g/mol. The van der Waals surface area contributed by atoms with E-state index in [1.165, 1.54) is 23.1 Å². The van der Waals surface area contributed by atoms with E-state index in [2.05, 4.69) is 0 Å². The standard InChI is InChI=1S/C58H54N4/c1-39-25-28-51-50(31-39)49-27-26-40(35-54(49)62(51)55-37-44(29-30-59-55)57(2,3)4)32-41-33-45(58(5,6)7)36-46(34-41)60-38-61(53-24-15-14-23-52(53)60)56-47(42-17-10-8-11-18-42)21-16-22-48(56)43-19-12-9-13-20-43/h8-31,33-37H,32,38H2,1-7H3/i8D,9D,10D,11D,12D,13D,14D,15D,17D,18D,19D,20D,23D,24D,25D,26D,27D,28D,31D. The maximum Gasteiger partial charge on any atom is 0.137 e. The maximum atomic E-state index is 9.65. The molecular formula is C58H54N4. The molecule has 7 aromatic carbocycles. The lowest BCUT2D eigenvalue weighted by Gasteiger charge is -2.28. The fourth-order valence-corrected chi connectivity index (χ4v) is 8.11. The molecule has 0 spiro atoms. The van der Waals surface area contributed by atoms with Gasteiger partial charge in [0.1, 0.15) is 12.5 Å². The third kappa shape index (κ3) is 7.14. The molecule has 0 amide bonds. The van der Waals surface area contributed by atoms with Crippen molar-refractivity contribution < 1.29 is 26.0 Å². The molecule has 1 aliphatic heterocycles. The van der Waals surface area contributed by atoms with Crippen molar-refractivity contribution in [2.75, 3.05) is 16.5 Å². The summed E-state index contributed by atoms with van der Waals surface area (Å²) < 4.78 is 174. The molecule has 0 saturated heterocycles. The molecule has 0 unspecified atom stereocenters. The van der Waals surface area contributed by atoms with Gasteiger partial charge in [-0.05, 0) is 112 Å². The van der Waals surface area contributed by atoms with Crippen LogP contribution in [0.25, 0.3) is 49.9 Å². The van der Waals surface area contributed by atoms with E-state index in [4.69, 9.17) is 22.8 Å². The molecule has 0 N–H and O–H groups in total. The normalized spacial score (nSPS) is 17.3. The highest BCUT2D eigenvalue weighted by atomic mass is 15.4. The van der Waals surface area contributed by atoms with Crippen LogP contribution >= 0.6 is 0 Å². The molecule has 1 aliphatic rings. The number of hydrogen-bond acceptors (Lipinski definition) is 3. The lowest BCUT2D eigenvalue weighted by atomic mass is 9.85. The van der Waals surface area contributed by atoms with Crippen LogP contribution in [0.4, 0.5) is 22.7 Å². The van der Waals surface area contributed by atoms with Crippen molar-refractivity contribution in [2.45, 2.75) is 65.7 Å². The van der Waals surface area contributed by atoms with Gasteiger partial charge in [0.25, 0.3) is 0 Å². The van der Waals surface area contributed by atoms with E-state index in [-0.39, 0.29) is 110 Å². The minimum atomic E-state index is -0.679. The molecule has 9 aromatic rings. The van der Waals surface area contributed by atoms with Crippen molar-refractivity contribution in [3.63, 3.8) is 0 Å². The molecule has 3 heterocycles. The zero-order valence-electron chi connectivity index (χ0n) is 54.5. The van der Waals surface area contributed by atoms with E-state index in [0.29, 0.717) is 28.1 Å². The molecule has 62 heavy (non-hydrogen) atoms. The third-order valence-electron chi connectivity index (χ3n) is 11.3. The molecule has 0 saturated carbocycles. The fourth-order valence-electron chi connectivity index (χ4n) is 8.11. The Morgan fingerprint density at radius 3 is 1.89 bits per heavy atom. The SMILES string of the molecule is [2H]c1c([2H])c([2H])c(-c2cccc(-c3c([2H])c([2H])c([2H])c([2H])c3[2H])c2N2CN(c3cc(Cc4cc5c(c([2H])c4[2H])c4c([2H])c(C)c([2H])c([2H])c4n5-c4cc(C(C)(C)C)ccn4)cc(C(C)(C)C)c3)c3c([2H])c([2H])c([2H])c([2H])c32)c([2H])c1[2H]. The average Bonchev–Trinajstić information content (AvgIpc) is 4.08. The van der Waals surface area contributed by atoms with Gasteiger partial charge in [-0.3, -0.25) is 4.57 Å². The van der Waals surface area contributed by atoms with Gasteiger partial charge in [-0.1, -0.05) is 162 Å². The van der Waals surface area contributed by atoms with Crippen LogP contribution in [0.3, 0.4) is 0 Å². The molecule has 0 bridgehead atoms. The van der Waals surface area contributed by atoms with E-state index in [1.54, 1.807) is 34.7 Å². The average molecular weight is 826 g/mol. The van der Waals surface area contributed by atoms with Crippen LogP contribution < -0.4 is 9.80 Å². The number of fused-ring (bicyclic) bond motifs is 4. The van der Waals surface area contributed by atoms with Crippen LogP contribution in [0.1, 0.15) is 95.4 Å². The Hall–Kier alpha value is -6.91. The summed E-state index contributed by atoms with van der Waals surface area (Å²) in [5, 5.41) is 0.500. The van der Waals surface area contributed by atoms with Gasteiger partial charge < -0.3 is 9.80 Å². The number of rotatable bonds is 7. The Bertz CT molecular complexity index is 4090. The molecule has 4 nitrogen and oxygen atoms in total.